The average Bonchev–Trinajstić information content (AvgIpc) is 2.68. The van der Waals surface area contributed by atoms with E-state index in [-0.39, 0.29) is 5.82 Å². The molecular formula is C16H21ClFN3. The van der Waals surface area contributed by atoms with Crippen LogP contribution in [0.15, 0.2) is 24.3 Å². The van der Waals surface area contributed by atoms with Crippen molar-refractivity contribution in [2.24, 2.45) is 12.8 Å². The number of aryl methyl sites for hydroxylation is 2. The molecule has 0 fully saturated rings. The first-order valence-electron chi connectivity index (χ1n) is 7.06. The molecule has 1 atom stereocenters. The number of nitrogens with zero attached hydrogens (tertiary/aromatic N) is 2. The Bertz CT molecular complexity index is 617. The normalized spacial score (nSPS) is 14.2. The van der Waals surface area contributed by atoms with Crippen LogP contribution in [0.25, 0.3) is 0 Å². The number of hydrogen-bond donors (Lipinski definition) is 1. The molecule has 2 aromatic rings. The van der Waals surface area contributed by atoms with Crippen molar-refractivity contribution >= 4 is 11.6 Å². The Morgan fingerprint density at radius 2 is 1.90 bits per heavy atom. The molecular weight excluding hydrogens is 289 g/mol. The van der Waals surface area contributed by atoms with E-state index in [1.807, 2.05) is 20.9 Å². The second-order valence-electron chi connectivity index (χ2n) is 5.82. The topological polar surface area (TPSA) is 43.8 Å². The number of hydrogen-bond acceptors (Lipinski definition) is 2. The van der Waals surface area contributed by atoms with Crippen molar-refractivity contribution < 1.29 is 4.39 Å². The van der Waals surface area contributed by atoms with E-state index in [0.29, 0.717) is 17.9 Å². The molecule has 114 valence electrons. The van der Waals surface area contributed by atoms with E-state index in [2.05, 4.69) is 5.10 Å². The van der Waals surface area contributed by atoms with Crippen LogP contribution >= 0.6 is 11.6 Å². The number of halogens is 2. The molecule has 21 heavy (non-hydrogen) atoms. The van der Waals surface area contributed by atoms with Crippen LogP contribution in [0, 0.1) is 5.82 Å². The molecule has 0 saturated carbocycles. The summed E-state index contributed by atoms with van der Waals surface area (Å²) in [6.45, 7) is 4.00. The summed E-state index contributed by atoms with van der Waals surface area (Å²) in [4.78, 5) is 0. The van der Waals surface area contributed by atoms with Crippen LogP contribution in [0.4, 0.5) is 4.39 Å². The van der Waals surface area contributed by atoms with Crippen molar-refractivity contribution in [1.29, 1.82) is 0 Å². The lowest BCUT2D eigenvalue weighted by molar-refractivity contribution is 0.447. The van der Waals surface area contributed by atoms with E-state index in [1.165, 1.54) is 12.1 Å². The smallest absolute Gasteiger partial charge is 0.123 e. The van der Waals surface area contributed by atoms with Gasteiger partial charge in [0.25, 0.3) is 0 Å². The number of nitrogens with two attached hydrogens (primary N) is 1. The van der Waals surface area contributed by atoms with Gasteiger partial charge >= 0.3 is 0 Å². The lowest BCUT2D eigenvalue weighted by Crippen LogP contribution is -2.41. The second kappa shape index (κ2) is 6.16. The van der Waals surface area contributed by atoms with E-state index in [1.54, 1.807) is 16.8 Å². The highest BCUT2D eigenvalue weighted by Gasteiger charge is 2.24. The van der Waals surface area contributed by atoms with Crippen molar-refractivity contribution in [1.82, 2.24) is 9.78 Å². The highest BCUT2D eigenvalue weighted by molar-refractivity contribution is 6.31. The Morgan fingerprint density at radius 1 is 1.29 bits per heavy atom. The van der Waals surface area contributed by atoms with E-state index in [9.17, 15) is 4.39 Å². The van der Waals surface area contributed by atoms with Gasteiger partial charge in [-0.25, -0.2) is 4.39 Å². The molecule has 0 saturated heterocycles. The molecule has 1 aromatic carbocycles. The molecule has 0 radical (unpaired) electrons. The number of aromatic nitrogens is 2. The summed E-state index contributed by atoms with van der Waals surface area (Å²) in [5.41, 5.74) is 8.79. The van der Waals surface area contributed by atoms with Gasteiger partial charge in [-0.1, -0.05) is 30.7 Å². The third-order valence-corrected chi connectivity index (χ3v) is 4.03. The third-order valence-electron chi connectivity index (χ3n) is 3.60. The van der Waals surface area contributed by atoms with Gasteiger partial charge in [0, 0.05) is 19.0 Å². The van der Waals surface area contributed by atoms with Crippen molar-refractivity contribution in [3.05, 3.63) is 52.1 Å². The summed E-state index contributed by atoms with van der Waals surface area (Å²) >= 11 is 6.37. The van der Waals surface area contributed by atoms with Crippen molar-refractivity contribution in [3.63, 3.8) is 0 Å². The van der Waals surface area contributed by atoms with Gasteiger partial charge in [-0.05, 0) is 37.5 Å². The highest BCUT2D eigenvalue weighted by Crippen LogP contribution is 2.25. The van der Waals surface area contributed by atoms with Crippen LogP contribution in [-0.2, 0) is 26.3 Å². The predicted octanol–water partition coefficient (Wildman–Crippen LogP) is 3.28. The Morgan fingerprint density at radius 3 is 2.43 bits per heavy atom. The first-order chi connectivity index (χ1) is 9.82. The molecule has 2 rings (SSSR count). The van der Waals surface area contributed by atoms with E-state index < -0.39 is 5.54 Å². The Labute approximate surface area is 129 Å². The van der Waals surface area contributed by atoms with Gasteiger partial charge in [0.05, 0.1) is 16.4 Å². The summed E-state index contributed by atoms with van der Waals surface area (Å²) < 4.78 is 14.8. The van der Waals surface area contributed by atoms with Gasteiger partial charge in [0.1, 0.15) is 5.82 Å². The quantitative estimate of drug-likeness (QED) is 0.921. The van der Waals surface area contributed by atoms with Crippen molar-refractivity contribution in [3.8, 4) is 0 Å². The summed E-state index contributed by atoms with van der Waals surface area (Å²) in [5, 5.41) is 5.12. The number of benzene rings is 1. The molecule has 3 nitrogen and oxygen atoms in total. The first-order valence-corrected chi connectivity index (χ1v) is 7.44. The van der Waals surface area contributed by atoms with Gasteiger partial charge < -0.3 is 5.73 Å². The molecule has 0 bridgehead atoms. The fourth-order valence-corrected chi connectivity index (χ4v) is 2.89. The molecule has 1 unspecified atom stereocenters. The summed E-state index contributed by atoms with van der Waals surface area (Å²) in [7, 11) is 1.88. The van der Waals surface area contributed by atoms with Crippen molar-refractivity contribution in [2.45, 2.75) is 38.6 Å². The molecule has 1 aromatic heterocycles. The second-order valence-corrected chi connectivity index (χ2v) is 6.20. The lowest BCUT2D eigenvalue weighted by Gasteiger charge is -2.25. The number of rotatable bonds is 5. The van der Waals surface area contributed by atoms with Crippen LogP contribution in [-0.4, -0.2) is 15.3 Å². The monoisotopic (exact) mass is 309 g/mol. The van der Waals surface area contributed by atoms with Crippen LogP contribution < -0.4 is 5.73 Å². The molecule has 0 aliphatic heterocycles. The minimum absolute atomic E-state index is 0.236. The lowest BCUT2D eigenvalue weighted by atomic mass is 9.89. The van der Waals surface area contributed by atoms with Gasteiger partial charge in [0.15, 0.2) is 0 Å². The van der Waals surface area contributed by atoms with E-state index >= 15 is 0 Å². The van der Waals surface area contributed by atoms with Gasteiger partial charge in [-0.15, -0.1) is 0 Å². The maximum atomic E-state index is 13.0. The van der Waals surface area contributed by atoms with Crippen LogP contribution in [0.3, 0.4) is 0 Å². The van der Waals surface area contributed by atoms with Crippen LogP contribution in [0.5, 0.6) is 0 Å². The van der Waals surface area contributed by atoms with Gasteiger partial charge in [-0.3, -0.25) is 4.68 Å². The zero-order valence-corrected chi connectivity index (χ0v) is 13.4. The largest absolute Gasteiger partial charge is 0.325 e. The zero-order valence-electron chi connectivity index (χ0n) is 12.7. The molecule has 0 amide bonds. The first kappa shape index (κ1) is 16.0. The van der Waals surface area contributed by atoms with Crippen LogP contribution in [0.2, 0.25) is 5.02 Å². The predicted molar refractivity (Wildman–Crippen MR) is 84.0 cm³/mol. The zero-order chi connectivity index (χ0) is 15.6. The van der Waals surface area contributed by atoms with Gasteiger partial charge in [-0.2, -0.15) is 5.10 Å². The third kappa shape index (κ3) is 3.83. The minimum Gasteiger partial charge on any atom is -0.325 e. The van der Waals surface area contributed by atoms with E-state index in [0.717, 1.165) is 23.4 Å². The summed E-state index contributed by atoms with van der Waals surface area (Å²) in [6.07, 6.45) is 2.06. The van der Waals surface area contributed by atoms with Gasteiger partial charge in [0.2, 0.25) is 0 Å². The molecule has 0 aliphatic carbocycles. The Balaban J connectivity index is 2.17. The Hall–Kier alpha value is -1.39. The molecule has 5 heteroatoms. The maximum Gasteiger partial charge on any atom is 0.123 e. The molecule has 1 heterocycles. The Kier molecular flexibility index (Phi) is 4.69. The fourth-order valence-electron chi connectivity index (χ4n) is 2.53. The average molecular weight is 310 g/mol. The molecule has 0 aliphatic rings. The SMILES string of the molecule is CCc1nn(C)c(CC(C)(N)Cc2ccc(F)cc2)c1Cl. The van der Waals surface area contributed by atoms with E-state index in [4.69, 9.17) is 17.3 Å². The molecule has 0 spiro atoms. The summed E-state index contributed by atoms with van der Waals surface area (Å²) in [6, 6.07) is 6.45. The van der Waals surface area contributed by atoms with Crippen LogP contribution in [0.1, 0.15) is 30.8 Å². The highest BCUT2D eigenvalue weighted by atomic mass is 35.5. The molecule has 2 N–H and O–H groups in total. The minimum atomic E-state index is -0.472. The maximum absolute atomic E-state index is 13.0. The standard InChI is InChI=1S/C16H21ClFN3/c1-4-13-15(17)14(21(3)20-13)10-16(2,19)9-11-5-7-12(18)8-6-11/h5-8H,4,9-10,19H2,1-3H3. The summed E-state index contributed by atoms with van der Waals surface area (Å²) in [5.74, 6) is -0.236. The van der Waals surface area contributed by atoms with Crippen molar-refractivity contribution in [2.75, 3.05) is 0 Å². The fraction of sp³-hybridized carbons (Fsp3) is 0.438.